The van der Waals surface area contributed by atoms with Crippen LogP contribution in [0.25, 0.3) is 0 Å². The molecule has 1 nitrogen and oxygen atoms in total. The van der Waals surface area contributed by atoms with Crippen molar-refractivity contribution in [2.24, 2.45) is 5.92 Å². The van der Waals surface area contributed by atoms with Gasteiger partial charge in [0.2, 0.25) is 0 Å². The summed E-state index contributed by atoms with van der Waals surface area (Å²) in [4.78, 5) is 0. The molecule has 0 bridgehead atoms. The Morgan fingerprint density at radius 2 is 1.94 bits per heavy atom. The minimum Gasteiger partial charge on any atom is -0.309 e. The molecule has 0 saturated carbocycles. The minimum atomic E-state index is 0.359. The fourth-order valence-electron chi connectivity index (χ4n) is 1.67. The average Bonchev–Trinajstić information content (AvgIpc) is 2.25. The first-order chi connectivity index (χ1) is 7.63. The molecule has 0 saturated heterocycles. The first kappa shape index (κ1) is 13.8. The zero-order chi connectivity index (χ0) is 12.0. The quantitative estimate of drug-likeness (QED) is 0.760. The largest absolute Gasteiger partial charge is 0.309 e. The van der Waals surface area contributed by atoms with Gasteiger partial charge in [0.25, 0.3) is 0 Å². The van der Waals surface area contributed by atoms with E-state index >= 15 is 0 Å². The maximum absolute atomic E-state index is 6.08. The molecule has 0 spiro atoms. The van der Waals surface area contributed by atoms with Crippen LogP contribution in [0.2, 0.25) is 5.02 Å². The molecule has 1 N–H and O–H groups in total. The van der Waals surface area contributed by atoms with Crippen molar-refractivity contribution >= 4 is 23.2 Å². The van der Waals surface area contributed by atoms with E-state index in [2.05, 4.69) is 19.2 Å². The van der Waals surface area contributed by atoms with E-state index in [1.54, 1.807) is 0 Å². The highest BCUT2D eigenvalue weighted by molar-refractivity contribution is 6.31. The van der Waals surface area contributed by atoms with Gasteiger partial charge in [-0.2, -0.15) is 0 Å². The number of benzene rings is 1. The van der Waals surface area contributed by atoms with Gasteiger partial charge in [-0.1, -0.05) is 43.6 Å². The SMILES string of the molecule is CC(C)CC(CCl)NCc1ccccc1Cl. The zero-order valence-electron chi connectivity index (χ0n) is 9.84. The number of halogens is 2. The van der Waals surface area contributed by atoms with Gasteiger partial charge in [0, 0.05) is 23.5 Å². The van der Waals surface area contributed by atoms with E-state index in [4.69, 9.17) is 23.2 Å². The Morgan fingerprint density at radius 3 is 2.50 bits per heavy atom. The molecule has 0 aliphatic rings. The Hall–Kier alpha value is -0.240. The van der Waals surface area contributed by atoms with Gasteiger partial charge in [0.15, 0.2) is 0 Å². The van der Waals surface area contributed by atoms with E-state index in [1.807, 2.05) is 24.3 Å². The molecule has 0 aliphatic carbocycles. The fraction of sp³-hybridized carbons (Fsp3) is 0.538. The number of alkyl halides is 1. The fourth-order valence-corrected chi connectivity index (χ4v) is 2.10. The van der Waals surface area contributed by atoms with Crippen LogP contribution in [0.1, 0.15) is 25.8 Å². The first-order valence-electron chi connectivity index (χ1n) is 5.66. The third-order valence-corrected chi connectivity index (χ3v) is 3.22. The molecule has 1 aromatic rings. The van der Waals surface area contributed by atoms with Crippen LogP contribution in [-0.2, 0) is 6.54 Å². The second-order valence-electron chi connectivity index (χ2n) is 4.45. The maximum Gasteiger partial charge on any atom is 0.0450 e. The van der Waals surface area contributed by atoms with Crippen LogP contribution in [0.3, 0.4) is 0 Å². The van der Waals surface area contributed by atoms with Gasteiger partial charge >= 0.3 is 0 Å². The summed E-state index contributed by atoms with van der Waals surface area (Å²) in [6, 6.07) is 8.25. The Balaban J connectivity index is 2.46. The molecular formula is C13H19Cl2N. The van der Waals surface area contributed by atoms with Crippen molar-refractivity contribution in [1.82, 2.24) is 5.32 Å². The van der Waals surface area contributed by atoms with Gasteiger partial charge in [-0.25, -0.2) is 0 Å². The minimum absolute atomic E-state index is 0.359. The molecule has 0 heterocycles. The average molecular weight is 260 g/mol. The second-order valence-corrected chi connectivity index (χ2v) is 5.17. The highest BCUT2D eigenvalue weighted by atomic mass is 35.5. The van der Waals surface area contributed by atoms with E-state index in [1.165, 1.54) is 0 Å². The van der Waals surface area contributed by atoms with E-state index in [-0.39, 0.29) is 0 Å². The molecular weight excluding hydrogens is 241 g/mol. The lowest BCUT2D eigenvalue weighted by Crippen LogP contribution is -2.31. The summed E-state index contributed by atoms with van der Waals surface area (Å²) in [7, 11) is 0. The summed E-state index contributed by atoms with van der Waals surface area (Å²) < 4.78 is 0. The van der Waals surface area contributed by atoms with Crippen LogP contribution >= 0.6 is 23.2 Å². The maximum atomic E-state index is 6.08. The summed E-state index contributed by atoms with van der Waals surface area (Å²) in [6.07, 6.45) is 1.09. The smallest absolute Gasteiger partial charge is 0.0450 e. The third kappa shape index (κ3) is 4.73. The van der Waals surface area contributed by atoms with Crippen molar-refractivity contribution in [3.05, 3.63) is 34.9 Å². The molecule has 16 heavy (non-hydrogen) atoms. The van der Waals surface area contributed by atoms with Gasteiger partial charge in [0.05, 0.1) is 0 Å². The molecule has 0 fully saturated rings. The Morgan fingerprint density at radius 1 is 1.25 bits per heavy atom. The molecule has 0 aliphatic heterocycles. The van der Waals surface area contributed by atoms with Gasteiger partial charge < -0.3 is 5.32 Å². The summed E-state index contributed by atoms with van der Waals surface area (Å²) in [5, 5.41) is 4.25. The number of hydrogen-bond acceptors (Lipinski definition) is 1. The van der Waals surface area contributed by atoms with Crippen molar-refractivity contribution in [1.29, 1.82) is 0 Å². The monoisotopic (exact) mass is 259 g/mol. The van der Waals surface area contributed by atoms with Crippen molar-refractivity contribution in [3.8, 4) is 0 Å². The normalized spacial score (nSPS) is 13.1. The van der Waals surface area contributed by atoms with Crippen molar-refractivity contribution in [2.75, 3.05) is 5.88 Å². The second kappa shape index (κ2) is 7.16. The first-order valence-corrected chi connectivity index (χ1v) is 6.57. The van der Waals surface area contributed by atoms with Crippen molar-refractivity contribution in [2.45, 2.75) is 32.9 Å². The summed E-state index contributed by atoms with van der Waals surface area (Å²) in [5.41, 5.74) is 1.13. The van der Waals surface area contributed by atoms with E-state index < -0.39 is 0 Å². The van der Waals surface area contributed by atoms with Gasteiger partial charge in [0.1, 0.15) is 0 Å². The zero-order valence-corrected chi connectivity index (χ0v) is 11.4. The molecule has 0 radical (unpaired) electrons. The molecule has 1 atom stereocenters. The molecule has 90 valence electrons. The lowest BCUT2D eigenvalue weighted by Gasteiger charge is -2.18. The van der Waals surface area contributed by atoms with Crippen LogP contribution in [0.15, 0.2) is 24.3 Å². The molecule has 1 rings (SSSR count). The predicted octanol–water partition coefficient (Wildman–Crippen LogP) is 4.08. The third-order valence-electron chi connectivity index (χ3n) is 2.48. The van der Waals surface area contributed by atoms with E-state index in [9.17, 15) is 0 Å². The van der Waals surface area contributed by atoms with Crippen LogP contribution in [0.4, 0.5) is 0 Å². The van der Waals surface area contributed by atoms with E-state index in [0.29, 0.717) is 17.8 Å². The van der Waals surface area contributed by atoms with Gasteiger partial charge in [-0.05, 0) is 24.0 Å². The predicted molar refractivity (Wildman–Crippen MR) is 72.3 cm³/mol. The van der Waals surface area contributed by atoms with E-state index in [0.717, 1.165) is 23.6 Å². The van der Waals surface area contributed by atoms with Crippen molar-refractivity contribution in [3.63, 3.8) is 0 Å². The van der Waals surface area contributed by atoms with Gasteiger partial charge in [-0.15, -0.1) is 11.6 Å². The summed E-state index contributed by atoms with van der Waals surface area (Å²) >= 11 is 12.0. The molecule has 1 unspecified atom stereocenters. The van der Waals surface area contributed by atoms with Crippen LogP contribution in [-0.4, -0.2) is 11.9 Å². The van der Waals surface area contributed by atoms with Crippen LogP contribution in [0.5, 0.6) is 0 Å². The molecule has 3 heteroatoms. The van der Waals surface area contributed by atoms with Crippen LogP contribution in [0, 0.1) is 5.92 Å². The summed E-state index contributed by atoms with van der Waals surface area (Å²) in [6.45, 7) is 5.19. The standard InChI is InChI=1S/C13H19Cl2N/c1-10(2)7-12(8-14)16-9-11-5-3-4-6-13(11)15/h3-6,10,12,16H,7-9H2,1-2H3. The number of rotatable bonds is 6. The lowest BCUT2D eigenvalue weighted by atomic mass is 10.0. The van der Waals surface area contributed by atoms with Crippen LogP contribution < -0.4 is 5.32 Å². The molecule has 0 amide bonds. The Labute approximate surface area is 108 Å². The summed E-state index contributed by atoms with van der Waals surface area (Å²) in [5.74, 6) is 1.30. The van der Waals surface area contributed by atoms with Crippen molar-refractivity contribution < 1.29 is 0 Å². The number of hydrogen-bond donors (Lipinski definition) is 1. The Bertz CT molecular complexity index is 313. The molecule has 0 aromatic heterocycles. The lowest BCUT2D eigenvalue weighted by molar-refractivity contribution is 0.445. The van der Waals surface area contributed by atoms with Gasteiger partial charge in [-0.3, -0.25) is 0 Å². The molecule has 1 aromatic carbocycles. The highest BCUT2D eigenvalue weighted by Gasteiger charge is 2.09. The highest BCUT2D eigenvalue weighted by Crippen LogP contribution is 2.15. The Kier molecular flexibility index (Phi) is 6.18. The number of nitrogens with one attached hydrogen (secondary N) is 1. The topological polar surface area (TPSA) is 12.0 Å².